The first-order chi connectivity index (χ1) is 8.04. The summed E-state index contributed by atoms with van der Waals surface area (Å²) in [5.74, 6) is -1.73. The molecule has 0 saturated heterocycles. The van der Waals surface area contributed by atoms with Crippen LogP contribution in [0.15, 0.2) is 17.3 Å². The Morgan fingerprint density at radius 1 is 1.41 bits per heavy atom. The van der Waals surface area contributed by atoms with Crippen LogP contribution in [0.5, 0.6) is 0 Å². The highest BCUT2D eigenvalue weighted by molar-refractivity contribution is 5.97. The molecule has 6 heteroatoms. The molecule has 4 nitrogen and oxygen atoms in total. The minimum absolute atomic E-state index is 0.0236. The van der Waals surface area contributed by atoms with Crippen LogP contribution < -0.4 is 10.6 Å². The molecule has 2 rings (SSSR count). The molecule has 0 bridgehead atoms. The first-order valence-electron chi connectivity index (χ1n) is 5.24. The van der Waals surface area contributed by atoms with Crippen molar-refractivity contribution in [3.05, 3.63) is 29.3 Å². The predicted molar refractivity (Wildman–Crippen MR) is 60.3 cm³/mol. The Labute approximate surface area is 97.3 Å². The lowest BCUT2D eigenvalue weighted by Crippen LogP contribution is -2.23. The minimum Gasteiger partial charge on any atom is -0.409 e. The van der Waals surface area contributed by atoms with Crippen molar-refractivity contribution in [3.8, 4) is 0 Å². The van der Waals surface area contributed by atoms with Crippen molar-refractivity contribution in [2.45, 2.75) is 18.9 Å². The fourth-order valence-electron chi connectivity index (χ4n) is 1.75. The van der Waals surface area contributed by atoms with E-state index in [0.717, 1.165) is 25.0 Å². The maximum atomic E-state index is 13.8. The molecule has 1 aliphatic rings. The molecular formula is C11H13F2N3O. The highest BCUT2D eigenvalue weighted by atomic mass is 19.1. The summed E-state index contributed by atoms with van der Waals surface area (Å²) in [7, 11) is 1.66. The van der Waals surface area contributed by atoms with Gasteiger partial charge in [-0.15, -0.1) is 0 Å². The summed E-state index contributed by atoms with van der Waals surface area (Å²) in [6.45, 7) is 0. The molecule has 0 spiro atoms. The SMILES string of the molecule is CN(c1c(F)cc(C(N)=NO)cc1F)C1CC1. The summed E-state index contributed by atoms with van der Waals surface area (Å²) < 4.78 is 27.5. The summed E-state index contributed by atoms with van der Waals surface area (Å²) in [4.78, 5) is 1.58. The maximum absolute atomic E-state index is 13.8. The van der Waals surface area contributed by atoms with Gasteiger partial charge in [-0.2, -0.15) is 0 Å². The Bertz CT molecular complexity index is 449. The number of halogens is 2. The molecule has 0 amide bonds. The number of nitrogens with zero attached hydrogens (tertiary/aromatic N) is 2. The lowest BCUT2D eigenvalue weighted by atomic mass is 10.1. The van der Waals surface area contributed by atoms with Crippen LogP contribution in [-0.4, -0.2) is 24.1 Å². The standard InChI is InChI=1S/C11H13F2N3O/c1-16(7-2-3-7)10-8(12)4-6(5-9(10)13)11(14)15-17/h4-5,7,17H,2-3H2,1H3,(H2,14,15). The fourth-order valence-corrected chi connectivity index (χ4v) is 1.75. The Hall–Kier alpha value is -1.85. The lowest BCUT2D eigenvalue weighted by Gasteiger charge is -2.20. The van der Waals surface area contributed by atoms with E-state index >= 15 is 0 Å². The van der Waals surface area contributed by atoms with E-state index in [1.54, 1.807) is 11.9 Å². The number of amidine groups is 1. The molecule has 92 valence electrons. The quantitative estimate of drug-likeness (QED) is 0.366. The molecule has 1 aromatic carbocycles. The molecule has 3 N–H and O–H groups in total. The predicted octanol–water partition coefficient (Wildman–Crippen LogP) is 1.66. The fraction of sp³-hybridized carbons (Fsp3) is 0.364. The Morgan fingerprint density at radius 2 is 1.94 bits per heavy atom. The average Bonchev–Trinajstić information content (AvgIpc) is 3.10. The summed E-state index contributed by atoms with van der Waals surface area (Å²) in [5, 5.41) is 11.2. The van der Waals surface area contributed by atoms with E-state index in [-0.39, 0.29) is 23.1 Å². The number of oxime groups is 1. The molecule has 1 fully saturated rings. The maximum Gasteiger partial charge on any atom is 0.170 e. The van der Waals surface area contributed by atoms with Gasteiger partial charge in [0.25, 0.3) is 0 Å². The topological polar surface area (TPSA) is 61.8 Å². The monoisotopic (exact) mass is 241 g/mol. The minimum atomic E-state index is -0.707. The number of hydrogen-bond donors (Lipinski definition) is 2. The summed E-state index contributed by atoms with van der Waals surface area (Å²) >= 11 is 0. The molecule has 1 aliphatic carbocycles. The van der Waals surface area contributed by atoms with Crippen LogP contribution >= 0.6 is 0 Å². The zero-order chi connectivity index (χ0) is 12.6. The molecule has 0 radical (unpaired) electrons. The smallest absolute Gasteiger partial charge is 0.170 e. The van der Waals surface area contributed by atoms with Gasteiger partial charge in [0, 0.05) is 18.7 Å². The third kappa shape index (κ3) is 2.15. The summed E-state index contributed by atoms with van der Waals surface area (Å²) in [5.41, 5.74) is 5.24. The normalized spacial score (nSPS) is 16.1. The highest BCUT2D eigenvalue weighted by Gasteiger charge is 2.30. The molecule has 0 atom stereocenters. The van der Waals surface area contributed by atoms with Gasteiger partial charge in [-0.3, -0.25) is 0 Å². The van der Waals surface area contributed by atoms with E-state index in [2.05, 4.69) is 5.16 Å². The van der Waals surface area contributed by atoms with Crippen LogP contribution in [-0.2, 0) is 0 Å². The molecule has 0 aromatic heterocycles. The average molecular weight is 241 g/mol. The van der Waals surface area contributed by atoms with Gasteiger partial charge < -0.3 is 15.8 Å². The van der Waals surface area contributed by atoms with Crippen LogP contribution in [0, 0.1) is 11.6 Å². The second-order valence-corrected chi connectivity index (χ2v) is 4.12. The van der Waals surface area contributed by atoms with Crippen molar-refractivity contribution < 1.29 is 14.0 Å². The Balaban J connectivity index is 2.41. The van der Waals surface area contributed by atoms with Gasteiger partial charge in [0.05, 0.1) is 0 Å². The van der Waals surface area contributed by atoms with Crippen molar-refractivity contribution in [2.75, 3.05) is 11.9 Å². The molecule has 0 heterocycles. The van der Waals surface area contributed by atoms with E-state index in [9.17, 15) is 8.78 Å². The Kier molecular flexibility index (Phi) is 2.87. The number of rotatable bonds is 3. The van der Waals surface area contributed by atoms with Gasteiger partial charge in [-0.1, -0.05) is 5.16 Å². The van der Waals surface area contributed by atoms with E-state index in [0.29, 0.717) is 0 Å². The lowest BCUT2D eigenvalue weighted by molar-refractivity contribution is 0.318. The molecule has 0 unspecified atom stereocenters. The van der Waals surface area contributed by atoms with E-state index in [1.807, 2.05) is 0 Å². The van der Waals surface area contributed by atoms with Crippen molar-refractivity contribution in [1.82, 2.24) is 0 Å². The number of anilines is 1. The molecule has 0 aliphatic heterocycles. The number of hydrogen-bond acceptors (Lipinski definition) is 3. The summed E-state index contributed by atoms with van der Waals surface area (Å²) in [6, 6.07) is 2.33. The van der Waals surface area contributed by atoms with Gasteiger partial charge in [0.1, 0.15) is 17.3 Å². The largest absolute Gasteiger partial charge is 0.409 e. The molecule has 1 aromatic rings. The van der Waals surface area contributed by atoms with Gasteiger partial charge in [0.2, 0.25) is 0 Å². The number of nitrogens with two attached hydrogens (primary N) is 1. The zero-order valence-electron chi connectivity index (χ0n) is 9.32. The second-order valence-electron chi connectivity index (χ2n) is 4.12. The second kappa shape index (κ2) is 4.20. The Morgan fingerprint density at radius 3 is 2.35 bits per heavy atom. The van der Waals surface area contributed by atoms with Gasteiger partial charge in [-0.25, -0.2) is 8.78 Å². The first-order valence-corrected chi connectivity index (χ1v) is 5.24. The van der Waals surface area contributed by atoms with Crippen molar-refractivity contribution >= 4 is 11.5 Å². The van der Waals surface area contributed by atoms with Crippen molar-refractivity contribution in [3.63, 3.8) is 0 Å². The van der Waals surface area contributed by atoms with E-state index in [1.165, 1.54) is 0 Å². The van der Waals surface area contributed by atoms with Crippen LogP contribution in [0.3, 0.4) is 0 Å². The van der Waals surface area contributed by atoms with Crippen LogP contribution in [0.25, 0.3) is 0 Å². The van der Waals surface area contributed by atoms with E-state index in [4.69, 9.17) is 10.9 Å². The van der Waals surface area contributed by atoms with E-state index < -0.39 is 11.6 Å². The van der Waals surface area contributed by atoms with Crippen LogP contribution in [0.4, 0.5) is 14.5 Å². The third-order valence-corrected chi connectivity index (χ3v) is 2.87. The first kappa shape index (κ1) is 11.6. The van der Waals surface area contributed by atoms with Crippen molar-refractivity contribution in [2.24, 2.45) is 10.9 Å². The molecule has 17 heavy (non-hydrogen) atoms. The molecular weight excluding hydrogens is 228 g/mol. The summed E-state index contributed by atoms with van der Waals surface area (Å²) in [6.07, 6.45) is 1.88. The van der Waals surface area contributed by atoms with Gasteiger partial charge in [-0.05, 0) is 25.0 Å². The van der Waals surface area contributed by atoms with Crippen molar-refractivity contribution in [1.29, 1.82) is 0 Å². The highest BCUT2D eigenvalue weighted by Crippen LogP contribution is 2.33. The van der Waals surface area contributed by atoms with Crippen LogP contribution in [0.2, 0.25) is 0 Å². The third-order valence-electron chi connectivity index (χ3n) is 2.87. The van der Waals surface area contributed by atoms with Crippen LogP contribution in [0.1, 0.15) is 18.4 Å². The van der Waals surface area contributed by atoms with Gasteiger partial charge in [0.15, 0.2) is 5.84 Å². The molecule has 1 saturated carbocycles. The zero-order valence-corrected chi connectivity index (χ0v) is 9.32. The van der Waals surface area contributed by atoms with Gasteiger partial charge >= 0.3 is 0 Å². The number of benzene rings is 1.